The Balaban J connectivity index is 1.09. The van der Waals surface area contributed by atoms with E-state index in [0.29, 0.717) is 0 Å². The molecule has 11 rings (SSSR count). The molecular weight excluding hydrogens is 701 g/mol. The molecule has 0 atom stereocenters. The van der Waals surface area contributed by atoms with Crippen LogP contribution in [-0.2, 0) is 0 Å². The molecular formula is C56H38N2. The topological polar surface area (TPSA) is 8.17 Å². The predicted molar refractivity (Wildman–Crippen MR) is 247 cm³/mol. The summed E-state index contributed by atoms with van der Waals surface area (Å²) in [5.41, 5.74) is 14.1. The van der Waals surface area contributed by atoms with Gasteiger partial charge in [-0.25, -0.2) is 0 Å². The fourth-order valence-corrected chi connectivity index (χ4v) is 8.78. The zero-order valence-corrected chi connectivity index (χ0v) is 31.8. The molecule has 1 heterocycles. The van der Waals surface area contributed by atoms with Crippen molar-refractivity contribution in [1.82, 2.24) is 4.57 Å². The van der Waals surface area contributed by atoms with Crippen molar-refractivity contribution in [3.63, 3.8) is 0 Å². The number of benzene rings is 10. The number of fused-ring (bicyclic) bond motifs is 5. The van der Waals surface area contributed by atoms with Crippen LogP contribution in [0.2, 0.25) is 0 Å². The van der Waals surface area contributed by atoms with Crippen LogP contribution in [0.3, 0.4) is 0 Å². The molecule has 0 fully saturated rings. The average Bonchev–Trinajstić information content (AvgIpc) is 3.65. The number of nitrogens with zero attached hydrogens (tertiary/aromatic N) is 2. The Morgan fingerprint density at radius 2 is 0.862 bits per heavy atom. The van der Waals surface area contributed by atoms with Crippen LogP contribution in [-0.4, -0.2) is 4.57 Å². The van der Waals surface area contributed by atoms with Crippen LogP contribution in [0.25, 0.3) is 82.4 Å². The zero-order valence-electron chi connectivity index (χ0n) is 31.8. The molecule has 0 spiro atoms. The minimum Gasteiger partial charge on any atom is -0.310 e. The highest BCUT2D eigenvalue weighted by molar-refractivity contribution is 6.16. The van der Waals surface area contributed by atoms with Crippen LogP contribution >= 0.6 is 0 Å². The van der Waals surface area contributed by atoms with Gasteiger partial charge in [0.2, 0.25) is 0 Å². The minimum absolute atomic E-state index is 1.09. The first kappa shape index (κ1) is 33.6. The third kappa shape index (κ3) is 5.82. The summed E-state index contributed by atoms with van der Waals surface area (Å²) in [6.07, 6.45) is 0. The largest absolute Gasteiger partial charge is 0.310 e. The number of para-hydroxylation sites is 2. The second-order valence-electron chi connectivity index (χ2n) is 15.0. The fourth-order valence-electron chi connectivity index (χ4n) is 8.78. The summed E-state index contributed by atoms with van der Waals surface area (Å²) < 4.78 is 2.39. The normalized spacial score (nSPS) is 11.4. The summed E-state index contributed by atoms with van der Waals surface area (Å²) in [6, 6.07) is 83.7. The minimum atomic E-state index is 1.09. The molecule has 1 aromatic heterocycles. The number of aromatic nitrogens is 1. The van der Waals surface area contributed by atoms with E-state index in [1.165, 1.54) is 76.7 Å². The van der Waals surface area contributed by atoms with Crippen molar-refractivity contribution in [3.05, 3.63) is 231 Å². The van der Waals surface area contributed by atoms with E-state index in [-0.39, 0.29) is 0 Å². The Labute approximate surface area is 338 Å². The highest BCUT2D eigenvalue weighted by atomic mass is 15.1. The number of hydrogen-bond acceptors (Lipinski definition) is 1. The first-order chi connectivity index (χ1) is 28.8. The maximum Gasteiger partial charge on any atom is 0.0562 e. The monoisotopic (exact) mass is 738 g/mol. The number of rotatable bonds is 7. The van der Waals surface area contributed by atoms with Crippen molar-refractivity contribution in [1.29, 1.82) is 0 Å². The summed E-state index contributed by atoms with van der Waals surface area (Å²) in [5, 5.41) is 7.41. The van der Waals surface area contributed by atoms with Crippen molar-refractivity contribution in [2.75, 3.05) is 4.90 Å². The molecule has 272 valence electrons. The van der Waals surface area contributed by atoms with Crippen LogP contribution in [0.1, 0.15) is 0 Å². The smallest absolute Gasteiger partial charge is 0.0562 e. The lowest BCUT2D eigenvalue weighted by Gasteiger charge is -2.27. The Morgan fingerprint density at radius 1 is 0.310 bits per heavy atom. The summed E-state index contributed by atoms with van der Waals surface area (Å²) >= 11 is 0. The van der Waals surface area contributed by atoms with E-state index < -0.39 is 0 Å². The van der Waals surface area contributed by atoms with Gasteiger partial charge in [0.25, 0.3) is 0 Å². The van der Waals surface area contributed by atoms with Gasteiger partial charge in [-0.05, 0) is 128 Å². The van der Waals surface area contributed by atoms with E-state index in [4.69, 9.17) is 0 Å². The Morgan fingerprint density at radius 3 is 1.62 bits per heavy atom. The van der Waals surface area contributed by atoms with E-state index in [1.54, 1.807) is 0 Å². The lowest BCUT2D eigenvalue weighted by atomic mass is 9.93. The Bertz CT molecular complexity index is 3250. The summed E-state index contributed by atoms with van der Waals surface area (Å²) in [7, 11) is 0. The molecule has 2 heteroatoms. The molecule has 0 N–H and O–H groups in total. The van der Waals surface area contributed by atoms with Crippen LogP contribution in [0.15, 0.2) is 231 Å². The highest BCUT2D eigenvalue weighted by Gasteiger charge is 2.21. The number of anilines is 3. The molecule has 0 aliphatic heterocycles. The molecule has 11 aromatic rings. The average molecular weight is 739 g/mol. The van der Waals surface area contributed by atoms with E-state index in [1.807, 2.05) is 0 Å². The van der Waals surface area contributed by atoms with Gasteiger partial charge < -0.3 is 9.47 Å². The Hall–Kier alpha value is -7.68. The van der Waals surface area contributed by atoms with E-state index in [2.05, 4.69) is 240 Å². The highest BCUT2D eigenvalue weighted by Crippen LogP contribution is 2.45. The van der Waals surface area contributed by atoms with Crippen molar-refractivity contribution in [2.45, 2.75) is 0 Å². The van der Waals surface area contributed by atoms with Gasteiger partial charge in [0.15, 0.2) is 0 Å². The molecule has 0 amide bonds. The van der Waals surface area contributed by atoms with Gasteiger partial charge in [-0.15, -0.1) is 0 Å². The summed E-state index contributed by atoms with van der Waals surface area (Å²) in [5.74, 6) is 0. The fraction of sp³-hybridized carbons (Fsp3) is 0. The van der Waals surface area contributed by atoms with Gasteiger partial charge in [-0.1, -0.05) is 158 Å². The van der Waals surface area contributed by atoms with Crippen molar-refractivity contribution < 1.29 is 0 Å². The van der Waals surface area contributed by atoms with Gasteiger partial charge in [0, 0.05) is 27.8 Å². The molecule has 0 aliphatic rings. The molecule has 0 radical (unpaired) electrons. The third-order valence-corrected chi connectivity index (χ3v) is 11.5. The van der Waals surface area contributed by atoms with Crippen LogP contribution in [0.5, 0.6) is 0 Å². The maximum atomic E-state index is 2.43. The van der Waals surface area contributed by atoms with E-state index >= 15 is 0 Å². The van der Waals surface area contributed by atoms with E-state index in [0.717, 1.165) is 22.7 Å². The van der Waals surface area contributed by atoms with Gasteiger partial charge in [-0.3, -0.25) is 0 Å². The van der Waals surface area contributed by atoms with Crippen LogP contribution < -0.4 is 4.90 Å². The molecule has 0 bridgehead atoms. The lowest BCUT2D eigenvalue weighted by molar-refractivity contribution is 1.18. The second-order valence-corrected chi connectivity index (χ2v) is 15.0. The molecule has 0 saturated carbocycles. The molecule has 2 nitrogen and oxygen atoms in total. The van der Waals surface area contributed by atoms with Gasteiger partial charge in [0.1, 0.15) is 0 Å². The first-order valence-corrected chi connectivity index (χ1v) is 19.9. The zero-order chi connectivity index (χ0) is 38.4. The van der Waals surface area contributed by atoms with Crippen LogP contribution in [0, 0.1) is 0 Å². The third-order valence-electron chi connectivity index (χ3n) is 11.5. The van der Waals surface area contributed by atoms with Crippen LogP contribution in [0.4, 0.5) is 17.1 Å². The second kappa shape index (κ2) is 14.1. The predicted octanol–water partition coefficient (Wildman–Crippen LogP) is 15.6. The lowest BCUT2D eigenvalue weighted by Crippen LogP contribution is -2.10. The van der Waals surface area contributed by atoms with Crippen molar-refractivity contribution in [2.24, 2.45) is 0 Å². The Kier molecular flexibility index (Phi) is 8.19. The summed E-state index contributed by atoms with van der Waals surface area (Å²) in [6.45, 7) is 0. The van der Waals surface area contributed by atoms with Gasteiger partial charge in [-0.2, -0.15) is 0 Å². The molecule has 58 heavy (non-hydrogen) atoms. The van der Waals surface area contributed by atoms with Crippen molar-refractivity contribution >= 4 is 60.4 Å². The van der Waals surface area contributed by atoms with E-state index in [9.17, 15) is 0 Å². The molecule has 0 saturated heterocycles. The summed E-state index contributed by atoms with van der Waals surface area (Å²) in [4.78, 5) is 2.43. The standard InChI is InChI=1S/C56H38N2/c1-3-14-39(15-4-1)46-37-45-18-9-10-21-50(45)52(38-46)42-30-34-49(35-31-42)57(48-32-28-41(29-33-48)44-27-26-40-16-7-8-17-43(40)36-44)54-24-13-25-55-56(54)51-22-11-12-23-53(51)58(55)47-19-5-2-6-20-47/h1-38H. The van der Waals surface area contributed by atoms with Gasteiger partial charge >= 0.3 is 0 Å². The first-order valence-electron chi connectivity index (χ1n) is 19.9. The maximum absolute atomic E-state index is 2.43. The quantitative estimate of drug-likeness (QED) is 0.158. The molecule has 0 aliphatic carbocycles. The molecule has 10 aromatic carbocycles. The van der Waals surface area contributed by atoms with Gasteiger partial charge in [0.05, 0.1) is 16.7 Å². The molecule has 0 unspecified atom stereocenters. The SMILES string of the molecule is c1ccc(-c2cc(-c3ccc(N(c4ccc(-c5ccc6ccccc6c5)cc4)c4cccc5c4c4ccccc4n5-c4ccccc4)cc3)c3ccccc3c2)cc1. The van der Waals surface area contributed by atoms with Crippen molar-refractivity contribution in [3.8, 4) is 39.1 Å². The number of hydrogen-bond donors (Lipinski definition) is 0.